The zero-order valence-corrected chi connectivity index (χ0v) is 11.9. The number of hydrogen-bond donors (Lipinski definition) is 0. The Morgan fingerprint density at radius 2 is 2.26 bits per heavy atom. The molecule has 1 aliphatic rings. The third kappa shape index (κ3) is 3.94. The van der Waals surface area contributed by atoms with E-state index in [1.807, 2.05) is 43.9 Å². The maximum absolute atomic E-state index is 12.1. The second-order valence-electron chi connectivity index (χ2n) is 5.99. The van der Waals surface area contributed by atoms with E-state index in [1.165, 1.54) is 0 Å². The predicted molar refractivity (Wildman–Crippen MR) is 73.9 cm³/mol. The molecule has 1 aromatic heterocycles. The van der Waals surface area contributed by atoms with Crippen molar-refractivity contribution in [2.24, 2.45) is 0 Å². The van der Waals surface area contributed by atoms with Crippen LogP contribution in [0.4, 0.5) is 4.79 Å². The quantitative estimate of drug-likeness (QED) is 0.822. The third-order valence-electron chi connectivity index (χ3n) is 3.18. The van der Waals surface area contributed by atoms with Crippen molar-refractivity contribution in [1.82, 2.24) is 9.88 Å². The highest BCUT2D eigenvalue weighted by atomic mass is 16.6. The van der Waals surface area contributed by atoms with Gasteiger partial charge in [-0.25, -0.2) is 4.79 Å². The normalized spacial score (nSPS) is 19.5. The summed E-state index contributed by atoms with van der Waals surface area (Å²) in [5.41, 5.74) is 0.595. The van der Waals surface area contributed by atoms with Crippen molar-refractivity contribution in [2.75, 3.05) is 6.54 Å². The molecule has 0 aliphatic carbocycles. The lowest BCUT2D eigenvalue weighted by Gasteiger charge is -2.28. The zero-order chi connectivity index (χ0) is 13.9. The molecular formula is C15H22N2O2. The first kappa shape index (κ1) is 13.8. The van der Waals surface area contributed by atoms with E-state index < -0.39 is 5.60 Å². The van der Waals surface area contributed by atoms with E-state index in [-0.39, 0.29) is 12.1 Å². The number of aromatic nitrogens is 1. The number of ether oxygens (including phenoxy) is 1. The Balaban J connectivity index is 1.99. The molecule has 1 aromatic rings. The first-order valence-corrected chi connectivity index (χ1v) is 6.85. The van der Waals surface area contributed by atoms with Gasteiger partial charge in [0.05, 0.1) is 0 Å². The number of hydrogen-bond acceptors (Lipinski definition) is 3. The monoisotopic (exact) mass is 262 g/mol. The zero-order valence-electron chi connectivity index (χ0n) is 11.9. The van der Waals surface area contributed by atoms with Gasteiger partial charge in [-0.1, -0.05) is 6.07 Å². The molecule has 0 unspecified atom stereocenters. The van der Waals surface area contributed by atoms with Gasteiger partial charge in [-0.3, -0.25) is 4.98 Å². The van der Waals surface area contributed by atoms with Gasteiger partial charge in [-0.05, 0) is 45.7 Å². The predicted octanol–water partition coefficient (Wildman–Crippen LogP) is 3.02. The van der Waals surface area contributed by atoms with Crippen LogP contribution in [0.15, 0.2) is 24.4 Å². The van der Waals surface area contributed by atoms with E-state index in [0.717, 1.165) is 31.5 Å². The van der Waals surface area contributed by atoms with E-state index in [0.29, 0.717) is 0 Å². The molecule has 1 saturated heterocycles. The largest absolute Gasteiger partial charge is 0.444 e. The molecule has 0 radical (unpaired) electrons. The molecule has 19 heavy (non-hydrogen) atoms. The average Bonchev–Trinajstić information content (AvgIpc) is 2.76. The van der Waals surface area contributed by atoms with Gasteiger partial charge in [0.1, 0.15) is 5.60 Å². The molecule has 0 bridgehead atoms. The van der Waals surface area contributed by atoms with Gasteiger partial charge in [-0.15, -0.1) is 0 Å². The van der Waals surface area contributed by atoms with Crippen LogP contribution in [-0.2, 0) is 11.2 Å². The van der Waals surface area contributed by atoms with E-state index in [2.05, 4.69) is 4.98 Å². The number of carbonyl (C=O) groups excluding carboxylic acids is 1. The van der Waals surface area contributed by atoms with Crippen LogP contribution in [0, 0.1) is 0 Å². The van der Waals surface area contributed by atoms with Crippen molar-refractivity contribution in [2.45, 2.75) is 51.7 Å². The molecule has 4 heteroatoms. The van der Waals surface area contributed by atoms with Crippen LogP contribution >= 0.6 is 0 Å². The Kier molecular flexibility index (Phi) is 4.08. The lowest BCUT2D eigenvalue weighted by molar-refractivity contribution is 0.0226. The Morgan fingerprint density at radius 1 is 1.47 bits per heavy atom. The fourth-order valence-corrected chi connectivity index (χ4v) is 2.37. The van der Waals surface area contributed by atoms with Gasteiger partial charge in [0.15, 0.2) is 0 Å². The second-order valence-corrected chi connectivity index (χ2v) is 5.99. The molecule has 0 aromatic carbocycles. The molecule has 1 fully saturated rings. The Morgan fingerprint density at radius 3 is 2.89 bits per heavy atom. The van der Waals surface area contributed by atoms with Crippen LogP contribution < -0.4 is 0 Å². The summed E-state index contributed by atoms with van der Waals surface area (Å²) in [5, 5.41) is 0. The number of pyridine rings is 1. The summed E-state index contributed by atoms with van der Waals surface area (Å²) >= 11 is 0. The van der Waals surface area contributed by atoms with Crippen molar-refractivity contribution in [3.05, 3.63) is 30.1 Å². The summed E-state index contributed by atoms with van der Waals surface area (Å²) < 4.78 is 5.46. The highest BCUT2D eigenvalue weighted by Crippen LogP contribution is 2.23. The van der Waals surface area contributed by atoms with Crippen molar-refractivity contribution in [3.63, 3.8) is 0 Å². The summed E-state index contributed by atoms with van der Waals surface area (Å²) in [5.74, 6) is 0. The Bertz CT molecular complexity index is 426. The standard InChI is InChI=1S/C15H22N2O2/c1-15(2,3)19-14(18)17-10-6-8-13(17)11-12-7-4-5-9-16-12/h4-5,7,9,13H,6,8,10-11H2,1-3H3/t13-/m0/s1. The highest BCUT2D eigenvalue weighted by molar-refractivity contribution is 5.69. The van der Waals surface area contributed by atoms with Crippen LogP contribution in [0.2, 0.25) is 0 Å². The SMILES string of the molecule is CC(C)(C)OC(=O)N1CCC[C@H]1Cc1ccccn1. The van der Waals surface area contributed by atoms with Crippen LogP contribution in [0.25, 0.3) is 0 Å². The number of carbonyl (C=O) groups is 1. The smallest absolute Gasteiger partial charge is 0.410 e. The first-order valence-electron chi connectivity index (χ1n) is 6.85. The fraction of sp³-hybridized carbons (Fsp3) is 0.600. The van der Waals surface area contributed by atoms with Gasteiger partial charge in [0.25, 0.3) is 0 Å². The fourth-order valence-electron chi connectivity index (χ4n) is 2.37. The number of amides is 1. The van der Waals surface area contributed by atoms with Crippen LogP contribution in [0.3, 0.4) is 0 Å². The first-order chi connectivity index (χ1) is 8.96. The van der Waals surface area contributed by atoms with Crippen molar-refractivity contribution in [1.29, 1.82) is 0 Å². The molecule has 2 heterocycles. The Labute approximate surface area is 114 Å². The van der Waals surface area contributed by atoms with Crippen LogP contribution in [-0.4, -0.2) is 34.2 Å². The number of nitrogens with zero attached hydrogens (tertiary/aromatic N) is 2. The van der Waals surface area contributed by atoms with Gasteiger partial charge in [-0.2, -0.15) is 0 Å². The Hall–Kier alpha value is -1.58. The summed E-state index contributed by atoms with van der Waals surface area (Å²) in [6.07, 6.45) is 4.46. The molecular weight excluding hydrogens is 240 g/mol. The van der Waals surface area contributed by atoms with E-state index in [4.69, 9.17) is 4.74 Å². The van der Waals surface area contributed by atoms with Crippen molar-refractivity contribution < 1.29 is 9.53 Å². The van der Waals surface area contributed by atoms with Gasteiger partial charge in [0, 0.05) is 30.9 Å². The minimum absolute atomic E-state index is 0.203. The highest BCUT2D eigenvalue weighted by Gasteiger charge is 2.32. The molecule has 0 spiro atoms. The molecule has 4 nitrogen and oxygen atoms in total. The molecule has 104 valence electrons. The summed E-state index contributed by atoms with van der Waals surface area (Å²) in [6.45, 7) is 6.48. The van der Waals surface area contributed by atoms with E-state index >= 15 is 0 Å². The molecule has 2 rings (SSSR count). The topological polar surface area (TPSA) is 42.4 Å². The van der Waals surface area contributed by atoms with Gasteiger partial charge < -0.3 is 9.64 Å². The van der Waals surface area contributed by atoms with E-state index in [9.17, 15) is 4.79 Å². The third-order valence-corrected chi connectivity index (χ3v) is 3.18. The summed E-state index contributed by atoms with van der Waals surface area (Å²) in [7, 11) is 0. The maximum Gasteiger partial charge on any atom is 0.410 e. The average molecular weight is 262 g/mol. The minimum atomic E-state index is -0.435. The molecule has 0 saturated carbocycles. The number of likely N-dealkylation sites (tertiary alicyclic amines) is 1. The molecule has 1 aliphatic heterocycles. The van der Waals surface area contributed by atoms with Crippen LogP contribution in [0.5, 0.6) is 0 Å². The lowest BCUT2D eigenvalue weighted by atomic mass is 10.1. The summed E-state index contributed by atoms with van der Waals surface area (Å²) in [4.78, 5) is 18.3. The summed E-state index contributed by atoms with van der Waals surface area (Å²) in [6, 6.07) is 6.11. The van der Waals surface area contributed by atoms with Gasteiger partial charge >= 0.3 is 6.09 Å². The van der Waals surface area contributed by atoms with E-state index in [1.54, 1.807) is 6.20 Å². The van der Waals surface area contributed by atoms with Crippen molar-refractivity contribution in [3.8, 4) is 0 Å². The molecule has 0 N–H and O–H groups in total. The van der Waals surface area contributed by atoms with Crippen LogP contribution in [0.1, 0.15) is 39.3 Å². The minimum Gasteiger partial charge on any atom is -0.444 e. The molecule has 1 atom stereocenters. The van der Waals surface area contributed by atoms with Crippen molar-refractivity contribution >= 4 is 6.09 Å². The second kappa shape index (κ2) is 5.59. The molecule has 1 amide bonds. The van der Waals surface area contributed by atoms with Gasteiger partial charge in [0.2, 0.25) is 0 Å². The number of rotatable bonds is 2. The lowest BCUT2D eigenvalue weighted by Crippen LogP contribution is -2.40. The maximum atomic E-state index is 12.1.